The van der Waals surface area contributed by atoms with Gasteiger partial charge in [0.1, 0.15) is 0 Å². The Morgan fingerprint density at radius 2 is 2.00 bits per heavy atom. The molecule has 0 spiro atoms. The molecule has 0 atom stereocenters. The molecule has 1 saturated heterocycles. The minimum atomic E-state index is -0.339. The van der Waals surface area contributed by atoms with Crippen LogP contribution in [0.3, 0.4) is 0 Å². The SMILES string of the molecule is N#Cc1cccc(NC(=O)NCc2ccc(N3CCCC3=O)cc2)c1. The van der Waals surface area contributed by atoms with Gasteiger partial charge >= 0.3 is 6.03 Å². The van der Waals surface area contributed by atoms with Crippen LogP contribution in [0.1, 0.15) is 24.0 Å². The van der Waals surface area contributed by atoms with E-state index in [2.05, 4.69) is 10.6 Å². The number of urea groups is 1. The number of hydrogen-bond donors (Lipinski definition) is 2. The zero-order valence-electron chi connectivity index (χ0n) is 13.7. The third kappa shape index (κ3) is 4.15. The van der Waals surface area contributed by atoms with Crippen molar-refractivity contribution in [3.63, 3.8) is 0 Å². The summed E-state index contributed by atoms with van der Waals surface area (Å²) in [6.07, 6.45) is 1.51. The summed E-state index contributed by atoms with van der Waals surface area (Å²) in [6.45, 7) is 1.14. The van der Waals surface area contributed by atoms with Crippen LogP contribution in [0.2, 0.25) is 0 Å². The van der Waals surface area contributed by atoms with E-state index in [0.29, 0.717) is 24.2 Å². The van der Waals surface area contributed by atoms with Crippen LogP contribution < -0.4 is 15.5 Å². The van der Waals surface area contributed by atoms with E-state index in [1.807, 2.05) is 30.3 Å². The summed E-state index contributed by atoms with van der Waals surface area (Å²) in [4.78, 5) is 25.5. The quantitative estimate of drug-likeness (QED) is 0.901. The molecule has 0 unspecified atom stereocenters. The van der Waals surface area contributed by atoms with Crippen molar-refractivity contribution in [1.82, 2.24) is 5.32 Å². The zero-order chi connectivity index (χ0) is 17.6. The number of carbonyl (C=O) groups is 2. The van der Waals surface area contributed by atoms with Crippen LogP contribution in [0, 0.1) is 11.3 Å². The third-order valence-corrected chi connectivity index (χ3v) is 4.02. The second-order valence-electron chi connectivity index (χ2n) is 5.82. The Labute approximate surface area is 146 Å². The highest BCUT2D eigenvalue weighted by Crippen LogP contribution is 2.21. The van der Waals surface area contributed by atoms with Gasteiger partial charge in [0.15, 0.2) is 0 Å². The highest BCUT2D eigenvalue weighted by molar-refractivity contribution is 5.95. The van der Waals surface area contributed by atoms with E-state index < -0.39 is 0 Å². The number of nitrogens with one attached hydrogen (secondary N) is 2. The van der Waals surface area contributed by atoms with Gasteiger partial charge in [-0.1, -0.05) is 18.2 Å². The highest BCUT2D eigenvalue weighted by Gasteiger charge is 2.21. The van der Waals surface area contributed by atoms with Crippen molar-refractivity contribution in [2.24, 2.45) is 0 Å². The first-order chi connectivity index (χ1) is 12.2. The predicted octanol–water partition coefficient (Wildman–Crippen LogP) is 3.01. The van der Waals surface area contributed by atoms with Crippen LogP contribution in [0.25, 0.3) is 0 Å². The molecule has 1 fully saturated rings. The Hall–Kier alpha value is -3.33. The van der Waals surface area contributed by atoms with Crippen molar-refractivity contribution < 1.29 is 9.59 Å². The van der Waals surface area contributed by atoms with Crippen molar-refractivity contribution >= 4 is 23.3 Å². The maximum absolute atomic E-state index is 11.9. The average Bonchev–Trinajstić information content (AvgIpc) is 3.06. The van der Waals surface area contributed by atoms with Crippen molar-refractivity contribution in [2.45, 2.75) is 19.4 Å². The number of rotatable bonds is 4. The van der Waals surface area contributed by atoms with Crippen molar-refractivity contribution in [2.75, 3.05) is 16.8 Å². The molecule has 126 valence electrons. The molecule has 2 N–H and O–H groups in total. The van der Waals surface area contributed by atoms with E-state index in [1.165, 1.54) is 0 Å². The van der Waals surface area contributed by atoms with Crippen molar-refractivity contribution in [3.05, 3.63) is 59.7 Å². The van der Waals surface area contributed by atoms with E-state index in [9.17, 15) is 9.59 Å². The molecule has 3 amide bonds. The first-order valence-corrected chi connectivity index (χ1v) is 8.10. The molecule has 0 saturated carbocycles. The minimum Gasteiger partial charge on any atom is -0.334 e. The minimum absolute atomic E-state index is 0.157. The van der Waals surface area contributed by atoms with Crippen LogP contribution >= 0.6 is 0 Å². The third-order valence-electron chi connectivity index (χ3n) is 4.02. The molecule has 6 heteroatoms. The van der Waals surface area contributed by atoms with Crippen LogP contribution in [-0.4, -0.2) is 18.5 Å². The maximum atomic E-state index is 11.9. The Kier molecular flexibility index (Phi) is 4.95. The summed E-state index contributed by atoms with van der Waals surface area (Å²) in [7, 11) is 0. The smallest absolute Gasteiger partial charge is 0.319 e. The summed E-state index contributed by atoms with van der Waals surface area (Å²) < 4.78 is 0. The van der Waals surface area contributed by atoms with E-state index in [0.717, 1.165) is 24.2 Å². The van der Waals surface area contributed by atoms with E-state index in [-0.39, 0.29) is 11.9 Å². The summed E-state index contributed by atoms with van der Waals surface area (Å²) in [5.41, 5.74) is 2.89. The highest BCUT2D eigenvalue weighted by atomic mass is 16.2. The fourth-order valence-corrected chi connectivity index (χ4v) is 2.74. The van der Waals surface area contributed by atoms with Gasteiger partial charge in [-0.15, -0.1) is 0 Å². The lowest BCUT2D eigenvalue weighted by Crippen LogP contribution is -2.28. The molecule has 6 nitrogen and oxygen atoms in total. The van der Waals surface area contributed by atoms with Crippen LogP contribution in [-0.2, 0) is 11.3 Å². The Bertz CT molecular complexity index is 824. The monoisotopic (exact) mass is 334 g/mol. The number of hydrogen-bond acceptors (Lipinski definition) is 3. The first kappa shape index (κ1) is 16.5. The standard InChI is InChI=1S/C19H18N4O2/c20-12-15-3-1-4-16(11-15)22-19(25)21-13-14-6-8-17(9-7-14)23-10-2-5-18(23)24/h1,3-4,6-9,11H,2,5,10,13H2,(H2,21,22,25). The summed E-state index contributed by atoms with van der Waals surface area (Å²) in [5, 5.41) is 14.3. The Morgan fingerprint density at radius 3 is 2.68 bits per heavy atom. The summed E-state index contributed by atoms with van der Waals surface area (Å²) in [5.74, 6) is 0.157. The molecule has 2 aromatic rings. The van der Waals surface area contributed by atoms with E-state index >= 15 is 0 Å². The van der Waals surface area contributed by atoms with Gasteiger partial charge < -0.3 is 15.5 Å². The molecular formula is C19H18N4O2. The molecule has 1 aliphatic heterocycles. The normalized spacial score (nSPS) is 13.4. The first-order valence-electron chi connectivity index (χ1n) is 8.10. The van der Waals surface area contributed by atoms with Gasteiger partial charge in [-0.05, 0) is 42.3 Å². The summed E-state index contributed by atoms with van der Waals surface area (Å²) in [6, 6.07) is 16.0. The van der Waals surface area contributed by atoms with Gasteiger partial charge in [0, 0.05) is 30.9 Å². The number of nitriles is 1. The number of carbonyl (C=O) groups excluding carboxylic acids is 2. The molecule has 1 heterocycles. The molecular weight excluding hydrogens is 316 g/mol. The fourth-order valence-electron chi connectivity index (χ4n) is 2.74. The molecule has 25 heavy (non-hydrogen) atoms. The number of amides is 3. The second-order valence-corrected chi connectivity index (χ2v) is 5.82. The van der Waals surface area contributed by atoms with Crippen molar-refractivity contribution in [3.8, 4) is 6.07 Å². The largest absolute Gasteiger partial charge is 0.334 e. The van der Waals surface area contributed by atoms with Gasteiger partial charge in [0.05, 0.1) is 11.6 Å². The molecule has 1 aliphatic rings. The molecule has 3 rings (SSSR count). The van der Waals surface area contributed by atoms with Gasteiger partial charge in [-0.2, -0.15) is 5.26 Å². The second kappa shape index (κ2) is 7.49. The van der Waals surface area contributed by atoms with E-state index in [1.54, 1.807) is 29.2 Å². The lowest BCUT2D eigenvalue weighted by atomic mass is 10.2. The fraction of sp³-hybridized carbons (Fsp3) is 0.211. The number of nitrogens with zero attached hydrogens (tertiary/aromatic N) is 2. The molecule has 0 aromatic heterocycles. The molecule has 0 bridgehead atoms. The number of anilines is 2. The molecule has 2 aromatic carbocycles. The lowest BCUT2D eigenvalue weighted by molar-refractivity contribution is -0.117. The van der Waals surface area contributed by atoms with Crippen LogP contribution in [0.5, 0.6) is 0 Å². The zero-order valence-corrected chi connectivity index (χ0v) is 13.7. The Balaban J connectivity index is 1.53. The van der Waals surface area contributed by atoms with Gasteiger partial charge in [-0.3, -0.25) is 4.79 Å². The van der Waals surface area contributed by atoms with Crippen LogP contribution in [0.15, 0.2) is 48.5 Å². The summed E-state index contributed by atoms with van der Waals surface area (Å²) >= 11 is 0. The molecule has 0 radical (unpaired) electrons. The topological polar surface area (TPSA) is 85.2 Å². The Morgan fingerprint density at radius 1 is 1.20 bits per heavy atom. The maximum Gasteiger partial charge on any atom is 0.319 e. The van der Waals surface area contributed by atoms with Crippen LogP contribution in [0.4, 0.5) is 16.2 Å². The van der Waals surface area contributed by atoms with Gasteiger partial charge in [-0.25, -0.2) is 4.79 Å². The van der Waals surface area contributed by atoms with Gasteiger partial charge in [0.25, 0.3) is 0 Å². The predicted molar refractivity (Wildman–Crippen MR) is 95.0 cm³/mol. The van der Waals surface area contributed by atoms with E-state index in [4.69, 9.17) is 5.26 Å². The molecule has 0 aliphatic carbocycles. The van der Waals surface area contributed by atoms with Gasteiger partial charge in [0.2, 0.25) is 5.91 Å². The number of benzene rings is 2. The average molecular weight is 334 g/mol. The van der Waals surface area contributed by atoms with Crippen molar-refractivity contribution in [1.29, 1.82) is 5.26 Å². The lowest BCUT2D eigenvalue weighted by Gasteiger charge is -2.16.